The molecule has 6 heteroatoms. The average molecular weight is 352 g/mol. The number of nitrogens with one attached hydrogen (secondary N) is 2. The lowest BCUT2D eigenvalue weighted by Gasteiger charge is -2.32. The zero-order valence-corrected chi connectivity index (χ0v) is 15.2. The zero-order chi connectivity index (χ0) is 18.5. The molecule has 1 heterocycles. The van der Waals surface area contributed by atoms with Crippen molar-refractivity contribution in [3.05, 3.63) is 59.7 Å². The highest BCUT2D eigenvalue weighted by atomic mass is 16.2. The van der Waals surface area contributed by atoms with Crippen molar-refractivity contribution in [1.29, 1.82) is 0 Å². The van der Waals surface area contributed by atoms with Gasteiger partial charge in [0.25, 0.3) is 5.91 Å². The number of piperazine rings is 1. The van der Waals surface area contributed by atoms with Gasteiger partial charge in [0.05, 0.1) is 0 Å². The van der Waals surface area contributed by atoms with Gasteiger partial charge >= 0.3 is 6.03 Å². The minimum absolute atomic E-state index is 0.000641. The molecular formula is C20H24N4O2. The second-order valence-corrected chi connectivity index (χ2v) is 6.62. The largest absolute Gasteiger partial charge is 0.336 e. The third-order valence-corrected chi connectivity index (χ3v) is 4.47. The average Bonchev–Trinajstić information content (AvgIpc) is 2.64. The van der Waals surface area contributed by atoms with Gasteiger partial charge in [0.15, 0.2) is 0 Å². The quantitative estimate of drug-likeness (QED) is 0.892. The van der Waals surface area contributed by atoms with Gasteiger partial charge in [0.2, 0.25) is 0 Å². The highest BCUT2D eigenvalue weighted by Gasteiger charge is 2.20. The van der Waals surface area contributed by atoms with E-state index in [1.165, 1.54) is 0 Å². The monoisotopic (exact) mass is 352 g/mol. The van der Waals surface area contributed by atoms with E-state index in [0.29, 0.717) is 11.3 Å². The number of urea groups is 1. The van der Waals surface area contributed by atoms with E-state index in [2.05, 4.69) is 22.6 Å². The minimum atomic E-state index is -0.335. The lowest BCUT2D eigenvalue weighted by molar-refractivity contribution is 0.0664. The summed E-state index contributed by atoms with van der Waals surface area (Å²) in [7, 11) is 2.05. The summed E-state index contributed by atoms with van der Waals surface area (Å²) in [4.78, 5) is 28.9. The molecular weight excluding hydrogens is 328 g/mol. The van der Waals surface area contributed by atoms with Gasteiger partial charge in [0, 0.05) is 43.1 Å². The molecule has 1 fully saturated rings. The van der Waals surface area contributed by atoms with Crippen molar-refractivity contribution >= 4 is 23.3 Å². The van der Waals surface area contributed by atoms with Crippen LogP contribution < -0.4 is 10.6 Å². The molecule has 0 saturated carbocycles. The van der Waals surface area contributed by atoms with Crippen LogP contribution in [0.2, 0.25) is 0 Å². The molecule has 0 aromatic heterocycles. The summed E-state index contributed by atoms with van der Waals surface area (Å²) in [6.45, 7) is 5.19. The predicted octanol–water partition coefficient (Wildman–Crippen LogP) is 3.03. The van der Waals surface area contributed by atoms with Crippen LogP contribution in [0.15, 0.2) is 48.5 Å². The first-order valence-electron chi connectivity index (χ1n) is 8.74. The highest BCUT2D eigenvalue weighted by molar-refractivity contribution is 6.01. The van der Waals surface area contributed by atoms with E-state index in [0.717, 1.165) is 37.4 Å². The van der Waals surface area contributed by atoms with E-state index in [1.54, 1.807) is 24.3 Å². The van der Waals surface area contributed by atoms with Gasteiger partial charge in [-0.3, -0.25) is 4.79 Å². The van der Waals surface area contributed by atoms with Crippen LogP contribution in [0.1, 0.15) is 15.9 Å². The number of anilines is 2. The molecule has 2 aromatic carbocycles. The Morgan fingerprint density at radius 1 is 0.885 bits per heavy atom. The molecule has 0 radical (unpaired) electrons. The molecule has 0 spiro atoms. The summed E-state index contributed by atoms with van der Waals surface area (Å²) in [6, 6.07) is 14.3. The third-order valence-electron chi connectivity index (χ3n) is 4.47. The molecule has 6 nitrogen and oxygen atoms in total. The molecule has 1 aliphatic rings. The Labute approximate surface area is 153 Å². The summed E-state index contributed by atoms with van der Waals surface area (Å²) < 4.78 is 0. The van der Waals surface area contributed by atoms with Crippen LogP contribution in [0.5, 0.6) is 0 Å². The summed E-state index contributed by atoms with van der Waals surface area (Å²) in [6.07, 6.45) is 0. The molecule has 0 unspecified atom stereocenters. The summed E-state index contributed by atoms with van der Waals surface area (Å²) >= 11 is 0. The molecule has 136 valence electrons. The first-order valence-corrected chi connectivity index (χ1v) is 8.74. The SMILES string of the molecule is Cc1ccc(NC(=O)Nc2cccc(C(=O)N3CCN(C)CC3)c2)cc1. The summed E-state index contributed by atoms with van der Waals surface area (Å²) in [5.41, 5.74) is 3.03. The maximum atomic E-state index is 12.6. The summed E-state index contributed by atoms with van der Waals surface area (Å²) in [5, 5.41) is 5.56. The van der Waals surface area contributed by atoms with Crippen molar-refractivity contribution < 1.29 is 9.59 Å². The Hall–Kier alpha value is -2.86. The van der Waals surface area contributed by atoms with Crippen molar-refractivity contribution in [2.24, 2.45) is 0 Å². The van der Waals surface area contributed by atoms with Crippen LogP contribution in [0.3, 0.4) is 0 Å². The molecule has 0 bridgehead atoms. The number of hydrogen-bond acceptors (Lipinski definition) is 3. The predicted molar refractivity (Wildman–Crippen MR) is 104 cm³/mol. The first-order chi connectivity index (χ1) is 12.5. The van der Waals surface area contributed by atoms with E-state index in [9.17, 15) is 9.59 Å². The molecule has 0 atom stereocenters. The maximum Gasteiger partial charge on any atom is 0.323 e. The topological polar surface area (TPSA) is 64.7 Å². The molecule has 1 saturated heterocycles. The number of benzene rings is 2. The second kappa shape index (κ2) is 8.01. The number of nitrogens with zero attached hydrogens (tertiary/aromatic N) is 2. The second-order valence-electron chi connectivity index (χ2n) is 6.62. The Bertz CT molecular complexity index is 781. The molecule has 2 aromatic rings. The van der Waals surface area contributed by atoms with Gasteiger partial charge in [-0.2, -0.15) is 0 Å². The van der Waals surface area contributed by atoms with Crippen molar-refractivity contribution in [3.63, 3.8) is 0 Å². The van der Waals surface area contributed by atoms with Gasteiger partial charge in [-0.15, -0.1) is 0 Å². The number of carbonyl (C=O) groups is 2. The van der Waals surface area contributed by atoms with E-state index in [1.807, 2.05) is 36.1 Å². The number of likely N-dealkylation sites (N-methyl/N-ethyl adjacent to an activating group) is 1. The fourth-order valence-corrected chi connectivity index (χ4v) is 2.85. The van der Waals surface area contributed by atoms with Gasteiger partial charge in [-0.05, 0) is 44.3 Å². The van der Waals surface area contributed by atoms with Gasteiger partial charge in [-0.25, -0.2) is 4.79 Å². The van der Waals surface area contributed by atoms with Crippen LogP contribution in [-0.4, -0.2) is 55.0 Å². The highest BCUT2D eigenvalue weighted by Crippen LogP contribution is 2.15. The molecule has 2 N–H and O–H groups in total. The first kappa shape index (κ1) is 17.9. The zero-order valence-electron chi connectivity index (χ0n) is 15.2. The number of aryl methyl sites for hydroxylation is 1. The summed E-state index contributed by atoms with van der Waals surface area (Å²) in [5.74, 6) is 0.000641. The normalized spacial score (nSPS) is 14.8. The van der Waals surface area contributed by atoms with Crippen LogP contribution in [0, 0.1) is 6.92 Å². The Morgan fingerprint density at radius 3 is 2.23 bits per heavy atom. The number of carbonyl (C=O) groups excluding carboxylic acids is 2. The van der Waals surface area contributed by atoms with Crippen molar-refractivity contribution in [1.82, 2.24) is 9.80 Å². The molecule has 3 amide bonds. The van der Waals surface area contributed by atoms with E-state index in [-0.39, 0.29) is 11.9 Å². The standard InChI is InChI=1S/C20H24N4O2/c1-15-6-8-17(9-7-15)21-20(26)22-18-5-3-4-16(14-18)19(25)24-12-10-23(2)11-13-24/h3-9,14H,10-13H2,1-2H3,(H2,21,22,26). The van der Waals surface area contributed by atoms with Crippen LogP contribution in [-0.2, 0) is 0 Å². The maximum absolute atomic E-state index is 12.6. The number of amides is 3. The Balaban J connectivity index is 1.62. The van der Waals surface area contributed by atoms with Crippen molar-refractivity contribution in [2.75, 3.05) is 43.9 Å². The van der Waals surface area contributed by atoms with Crippen molar-refractivity contribution in [3.8, 4) is 0 Å². The van der Waals surface area contributed by atoms with Gasteiger partial charge in [0.1, 0.15) is 0 Å². The van der Waals surface area contributed by atoms with Crippen LogP contribution in [0.25, 0.3) is 0 Å². The third kappa shape index (κ3) is 4.61. The lowest BCUT2D eigenvalue weighted by Crippen LogP contribution is -2.47. The fraction of sp³-hybridized carbons (Fsp3) is 0.300. The smallest absolute Gasteiger partial charge is 0.323 e. The Kier molecular flexibility index (Phi) is 5.53. The van der Waals surface area contributed by atoms with Crippen LogP contribution in [0.4, 0.5) is 16.2 Å². The van der Waals surface area contributed by atoms with E-state index >= 15 is 0 Å². The molecule has 3 rings (SSSR count). The lowest BCUT2D eigenvalue weighted by atomic mass is 10.1. The molecule has 26 heavy (non-hydrogen) atoms. The fourth-order valence-electron chi connectivity index (χ4n) is 2.85. The molecule has 1 aliphatic heterocycles. The van der Waals surface area contributed by atoms with Gasteiger partial charge < -0.3 is 20.4 Å². The van der Waals surface area contributed by atoms with Crippen LogP contribution >= 0.6 is 0 Å². The van der Waals surface area contributed by atoms with E-state index < -0.39 is 0 Å². The van der Waals surface area contributed by atoms with E-state index in [4.69, 9.17) is 0 Å². The number of hydrogen-bond donors (Lipinski definition) is 2. The number of rotatable bonds is 3. The van der Waals surface area contributed by atoms with Crippen molar-refractivity contribution in [2.45, 2.75) is 6.92 Å². The molecule has 0 aliphatic carbocycles. The Morgan fingerprint density at radius 2 is 1.54 bits per heavy atom. The minimum Gasteiger partial charge on any atom is -0.336 e. The van der Waals surface area contributed by atoms with Gasteiger partial charge in [-0.1, -0.05) is 23.8 Å².